The first-order chi connectivity index (χ1) is 14.8. The quantitative estimate of drug-likeness (QED) is 0.462. The van der Waals surface area contributed by atoms with Crippen molar-refractivity contribution in [3.63, 3.8) is 0 Å². The molecule has 0 spiro atoms. The number of hydrazine groups is 1. The standard InChI is InChI=1S/C20H18ClN3O6S/c1-29-18-9-6-14(21)11-17(18)20(26)24-23-19(25)13-4-7-16(8-5-13)31(27,28)22-12-15-3-2-10-30-15/h2-11,22H,12H2,1H3,(H,23,25)(H,24,26). The van der Waals surface area contributed by atoms with E-state index in [2.05, 4.69) is 15.6 Å². The van der Waals surface area contributed by atoms with Crippen LogP contribution in [0.15, 0.2) is 70.2 Å². The number of hydrogen-bond donors (Lipinski definition) is 3. The summed E-state index contributed by atoms with van der Waals surface area (Å²) in [5.41, 5.74) is 4.80. The fourth-order valence-corrected chi connectivity index (χ4v) is 3.72. The van der Waals surface area contributed by atoms with Crippen LogP contribution in [0.3, 0.4) is 0 Å². The van der Waals surface area contributed by atoms with Gasteiger partial charge >= 0.3 is 0 Å². The van der Waals surface area contributed by atoms with Gasteiger partial charge in [-0.2, -0.15) is 0 Å². The maximum Gasteiger partial charge on any atom is 0.273 e. The first kappa shape index (κ1) is 22.3. The van der Waals surface area contributed by atoms with Crippen molar-refractivity contribution in [2.24, 2.45) is 0 Å². The number of carbonyl (C=O) groups excluding carboxylic acids is 2. The molecule has 0 unspecified atom stereocenters. The molecule has 2 aromatic carbocycles. The summed E-state index contributed by atoms with van der Waals surface area (Å²) in [6.07, 6.45) is 1.44. The van der Waals surface area contributed by atoms with Crippen LogP contribution in [0, 0.1) is 0 Å². The average molecular weight is 464 g/mol. The Hall–Kier alpha value is -3.34. The summed E-state index contributed by atoms with van der Waals surface area (Å²) in [5, 5.41) is 0.328. The minimum absolute atomic E-state index is 0.00341. The molecule has 3 N–H and O–H groups in total. The van der Waals surface area contributed by atoms with Crippen LogP contribution in [0.4, 0.5) is 0 Å². The summed E-state index contributed by atoms with van der Waals surface area (Å²) < 4.78 is 37.3. The van der Waals surface area contributed by atoms with Gasteiger partial charge in [0.2, 0.25) is 10.0 Å². The van der Waals surface area contributed by atoms with Crippen LogP contribution in [-0.2, 0) is 16.6 Å². The van der Waals surface area contributed by atoms with Gasteiger partial charge in [0.1, 0.15) is 11.5 Å². The molecule has 0 bridgehead atoms. The maximum atomic E-state index is 12.3. The van der Waals surface area contributed by atoms with Crippen molar-refractivity contribution in [3.8, 4) is 5.75 Å². The van der Waals surface area contributed by atoms with E-state index in [-0.39, 0.29) is 28.3 Å². The molecule has 0 aliphatic rings. The molecule has 0 saturated carbocycles. The number of hydrogen-bond acceptors (Lipinski definition) is 6. The Morgan fingerprint density at radius 2 is 1.74 bits per heavy atom. The van der Waals surface area contributed by atoms with Crippen LogP contribution in [0.2, 0.25) is 5.02 Å². The van der Waals surface area contributed by atoms with Crippen molar-refractivity contribution in [2.45, 2.75) is 11.4 Å². The minimum Gasteiger partial charge on any atom is -0.496 e. The van der Waals surface area contributed by atoms with Crippen LogP contribution in [0.5, 0.6) is 5.75 Å². The minimum atomic E-state index is -3.79. The third-order valence-electron chi connectivity index (χ3n) is 4.14. The van der Waals surface area contributed by atoms with Gasteiger partial charge in [-0.25, -0.2) is 13.1 Å². The lowest BCUT2D eigenvalue weighted by Crippen LogP contribution is -2.41. The van der Waals surface area contributed by atoms with E-state index in [4.69, 9.17) is 20.8 Å². The Balaban J connectivity index is 1.61. The Morgan fingerprint density at radius 3 is 2.39 bits per heavy atom. The molecule has 9 nitrogen and oxygen atoms in total. The van der Waals surface area contributed by atoms with Crippen molar-refractivity contribution in [1.82, 2.24) is 15.6 Å². The van der Waals surface area contributed by atoms with Gasteiger partial charge in [0.25, 0.3) is 11.8 Å². The van der Waals surface area contributed by atoms with Crippen molar-refractivity contribution in [2.75, 3.05) is 7.11 Å². The summed E-state index contributed by atoms with van der Waals surface area (Å²) in [6.45, 7) is -0.00341. The monoisotopic (exact) mass is 463 g/mol. The topological polar surface area (TPSA) is 127 Å². The predicted molar refractivity (Wildman–Crippen MR) is 112 cm³/mol. The molecule has 3 aromatic rings. The van der Waals surface area contributed by atoms with E-state index < -0.39 is 21.8 Å². The van der Waals surface area contributed by atoms with Crippen molar-refractivity contribution in [3.05, 3.63) is 82.8 Å². The second kappa shape index (κ2) is 9.65. The van der Waals surface area contributed by atoms with E-state index in [1.807, 2.05) is 0 Å². The third-order valence-corrected chi connectivity index (χ3v) is 5.79. The van der Waals surface area contributed by atoms with E-state index >= 15 is 0 Å². The lowest BCUT2D eigenvalue weighted by molar-refractivity contribution is 0.0845. The second-order valence-electron chi connectivity index (χ2n) is 6.18. The van der Waals surface area contributed by atoms with Crippen molar-refractivity contribution in [1.29, 1.82) is 0 Å². The fourth-order valence-electron chi connectivity index (χ4n) is 2.56. The summed E-state index contributed by atoms with van der Waals surface area (Å²) in [7, 11) is -2.39. The highest BCUT2D eigenvalue weighted by Crippen LogP contribution is 2.22. The zero-order valence-electron chi connectivity index (χ0n) is 16.2. The van der Waals surface area contributed by atoms with Crippen LogP contribution >= 0.6 is 11.6 Å². The lowest BCUT2D eigenvalue weighted by atomic mass is 10.2. The molecule has 3 rings (SSSR count). The van der Waals surface area contributed by atoms with Crippen molar-refractivity contribution < 1.29 is 27.2 Å². The van der Waals surface area contributed by atoms with Gasteiger partial charge in [-0.05, 0) is 54.6 Å². The summed E-state index contributed by atoms with van der Waals surface area (Å²) in [4.78, 5) is 24.6. The highest BCUT2D eigenvalue weighted by molar-refractivity contribution is 7.89. The molecule has 11 heteroatoms. The first-order valence-electron chi connectivity index (χ1n) is 8.86. The van der Waals surface area contributed by atoms with Gasteiger partial charge in [0.15, 0.2) is 0 Å². The zero-order chi connectivity index (χ0) is 22.4. The van der Waals surface area contributed by atoms with Crippen LogP contribution in [0.25, 0.3) is 0 Å². The van der Waals surface area contributed by atoms with Crippen LogP contribution < -0.4 is 20.3 Å². The smallest absolute Gasteiger partial charge is 0.273 e. The van der Waals surface area contributed by atoms with E-state index in [0.29, 0.717) is 10.8 Å². The molecule has 0 aliphatic carbocycles. The van der Waals surface area contributed by atoms with Gasteiger partial charge < -0.3 is 9.15 Å². The molecule has 0 radical (unpaired) electrons. The number of sulfonamides is 1. The van der Waals surface area contributed by atoms with Crippen molar-refractivity contribution >= 4 is 33.4 Å². The van der Waals surface area contributed by atoms with Gasteiger partial charge in [-0.15, -0.1) is 0 Å². The Kier molecular flexibility index (Phi) is 6.95. The number of amides is 2. The maximum absolute atomic E-state index is 12.3. The number of methoxy groups -OCH3 is 1. The molecule has 0 aliphatic heterocycles. The van der Waals surface area contributed by atoms with Crippen LogP contribution in [0.1, 0.15) is 26.5 Å². The Bertz CT molecular complexity index is 1180. The number of nitrogens with one attached hydrogen (secondary N) is 3. The number of benzene rings is 2. The molecule has 2 amide bonds. The van der Waals surface area contributed by atoms with E-state index in [0.717, 1.165) is 0 Å². The molecule has 0 fully saturated rings. The number of furan rings is 1. The molecule has 162 valence electrons. The third kappa shape index (κ3) is 5.63. The number of carbonyl (C=O) groups is 2. The summed E-state index contributed by atoms with van der Waals surface area (Å²) in [6, 6.07) is 13.0. The molecule has 0 atom stereocenters. The number of rotatable bonds is 7. The predicted octanol–water partition coefficient (Wildman–Crippen LogP) is 2.49. The molecule has 1 heterocycles. The van der Waals surface area contributed by atoms with E-state index in [1.54, 1.807) is 18.2 Å². The van der Waals surface area contributed by atoms with Gasteiger partial charge in [-0.3, -0.25) is 20.4 Å². The molecule has 0 saturated heterocycles. The zero-order valence-corrected chi connectivity index (χ0v) is 17.8. The largest absolute Gasteiger partial charge is 0.496 e. The number of halogens is 1. The van der Waals surface area contributed by atoms with Gasteiger partial charge in [0, 0.05) is 10.6 Å². The van der Waals surface area contributed by atoms with Crippen LogP contribution in [-0.4, -0.2) is 27.3 Å². The Morgan fingerprint density at radius 1 is 1.03 bits per heavy atom. The normalized spacial score (nSPS) is 11.0. The van der Waals surface area contributed by atoms with Gasteiger partial charge in [0.05, 0.1) is 30.4 Å². The molecule has 31 heavy (non-hydrogen) atoms. The van der Waals surface area contributed by atoms with Gasteiger partial charge in [-0.1, -0.05) is 11.6 Å². The number of ether oxygens (including phenoxy) is 1. The van der Waals surface area contributed by atoms with E-state index in [9.17, 15) is 18.0 Å². The molecule has 1 aromatic heterocycles. The highest BCUT2D eigenvalue weighted by atomic mass is 35.5. The lowest BCUT2D eigenvalue weighted by Gasteiger charge is -2.11. The summed E-state index contributed by atoms with van der Waals surface area (Å²) in [5.74, 6) is -0.518. The second-order valence-corrected chi connectivity index (χ2v) is 8.38. The highest BCUT2D eigenvalue weighted by Gasteiger charge is 2.17. The summed E-state index contributed by atoms with van der Waals surface area (Å²) >= 11 is 5.90. The first-order valence-corrected chi connectivity index (χ1v) is 10.7. The van der Waals surface area contributed by atoms with E-state index in [1.165, 1.54) is 49.8 Å². The Labute approximate surface area is 183 Å². The molecular weight excluding hydrogens is 446 g/mol. The SMILES string of the molecule is COc1ccc(Cl)cc1C(=O)NNC(=O)c1ccc(S(=O)(=O)NCc2ccco2)cc1. The average Bonchev–Trinajstić information content (AvgIpc) is 3.30. The molecular formula is C20H18ClN3O6S. The fraction of sp³-hybridized carbons (Fsp3) is 0.100.